The molecule has 1 aromatic heterocycles. The molecule has 0 atom stereocenters. The van der Waals surface area contributed by atoms with E-state index in [1.54, 1.807) is 12.1 Å². The van der Waals surface area contributed by atoms with Crippen molar-refractivity contribution < 1.29 is 8.42 Å². The Morgan fingerprint density at radius 3 is 2.30 bits per heavy atom. The maximum atomic E-state index is 12.1. The summed E-state index contributed by atoms with van der Waals surface area (Å²) < 4.78 is 25.3. The van der Waals surface area contributed by atoms with Crippen LogP contribution >= 0.6 is 22.9 Å². The Labute approximate surface area is 126 Å². The third-order valence-corrected chi connectivity index (χ3v) is 5.79. The molecule has 3 rings (SSSR count). The van der Waals surface area contributed by atoms with Crippen molar-refractivity contribution in [2.75, 3.05) is 6.26 Å². The van der Waals surface area contributed by atoms with E-state index < -0.39 is 9.84 Å². The van der Waals surface area contributed by atoms with E-state index in [9.17, 15) is 8.42 Å². The van der Waals surface area contributed by atoms with Crippen LogP contribution in [0.2, 0.25) is 5.02 Å². The predicted octanol–water partition coefficient (Wildman–Crippen LogP) is 4.63. The lowest BCUT2D eigenvalue weighted by atomic mass is 10.1. The zero-order valence-electron chi connectivity index (χ0n) is 10.6. The van der Waals surface area contributed by atoms with Crippen LogP contribution in [0.3, 0.4) is 0 Å². The first-order valence-corrected chi connectivity index (χ1v) is 9.03. The van der Waals surface area contributed by atoms with Gasteiger partial charge in [-0.25, -0.2) is 8.42 Å². The number of thiophene rings is 1. The van der Waals surface area contributed by atoms with E-state index in [-0.39, 0.29) is 0 Å². The summed E-state index contributed by atoms with van der Waals surface area (Å²) in [4.78, 5) is 1.17. The van der Waals surface area contributed by atoms with Gasteiger partial charge in [0.05, 0.1) is 9.77 Å². The van der Waals surface area contributed by atoms with Crippen LogP contribution in [0, 0.1) is 0 Å². The summed E-state index contributed by atoms with van der Waals surface area (Å²) in [6.07, 6.45) is 1.25. The summed E-state index contributed by atoms with van der Waals surface area (Å²) in [5.41, 5.74) is 0.871. The monoisotopic (exact) mass is 322 g/mol. The molecule has 3 aromatic rings. The van der Waals surface area contributed by atoms with E-state index >= 15 is 0 Å². The standard InChI is InChI=1S/C15H11ClO2S2/c1-20(17,18)15-12-4-2-3-5-13(12)19-14(15)10-6-8-11(16)9-7-10/h2-9H,1H3. The third-order valence-electron chi connectivity index (χ3n) is 3.03. The number of halogens is 1. The number of benzene rings is 2. The van der Waals surface area contributed by atoms with Crippen LogP contribution < -0.4 is 0 Å². The number of fused-ring (bicyclic) bond motifs is 1. The minimum absolute atomic E-state index is 0.403. The molecule has 0 spiro atoms. The first kappa shape index (κ1) is 13.6. The molecule has 0 unspecified atom stereocenters. The molecular formula is C15H11ClO2S2. The van der Waals surface area contributed by atoms with Crippen molar-refractivity contribution in [1.29, 1.82) is 0 Å². The molecule has 0 aliphatic carbocycles. The molecule has 0 aliphatic rings. The topological polar surface area (TPSA) is 34.1 Å². The maximum absolute atomic E-state index is 12.1. The van der Waals surface area contributed by atoms with E-state index in [2.05, 4.69) is 0 Å². The fourth-order valence-electron chi connectivity index (χ4n) is 2.18. The Morgan fingerprint density at radius 2 is 1.65 bits per heavy atom. The molecule has 0 bridgehead atoms. The second kappa shape index (κ2) is 4.88. The molecule has 1 heterocycles. The summed E-state index contributed by atoms with van der Waals surface area (Å²) in [6.45, 7) is 0. The summed E-state index contributed by atoms with van der Waals surface area (Å²) in [6, 6.07) is 14.8. The van der Waals surface area contributed by atoms with Gasteiger partial charge in [-0.3, -0.25) is 0 Å². The van der Waals surface area contributed by atoms with Gasteiger partial charge >= 0.3 is 0 Å². The number of sulfone groups is 1. The molecule has 2 aromatic carbocycles. The zero-order valence-corrected chi connectivity index (χ0v) is 13.0. The molecule has 102 valence electrons. The summed E-state index contributed by atoms with van der Waals surface area (Å²) in [5.74, 6) is 0. The van der Waals surface area contributed by atoms with Crippen molar-refractivity contribution in [3.63, 3.8) is 0 Å². The lowest BCUT2D eigenvalue weighted by Crippen LogP contribution is -1.97. The quantitative estimate of drug-likeness (QED) is 0.689. The van der Waals surface area contributed by atoms with Gasteiger partial charge in [-0.1, -0.05) is 41.9 Å². The van der Waals surface area contributed by atoms with Crippen LogP contribution in [0.4, 0.5) is 0 Å². The van der Waals surface area contributed by atoms with Crippen LogP contribution in [-0.2, 0) is 9.84 Å². The number of hydrogen-bond donors (Lipinski definition) is 0. The van der Waals surface area contributed by atoms with Gasteiger partial charge in [-0.2, -0.15) is 0 Å². The minimum atomic E-state index is -3.30. The average molecular weight is 323 g/mol. The lowest BCUT2D eigenvalue weighted by molar-refractivity contribution is 0.603. The minimum Gasteiger partial charge on any atom is -0.224 e. The van der Waals surface area contributed by atoms with Crippen molar-refractivity contribution in [3.8, 4) is 10.4 Å². The van der Waals surface area contributed by atoms with Crippen LogP contribution in [0.15, 0.2) is 53.4 Å². The van der Waals surface area contributed by atoms with Crippen molar-refractivity contribution in [2.24, 2.45) is 0 Å². The van der Waals surface area contributed by atoms with Crippen LogP contribution in [-0.4, -0.2) is 14.7 Å². The van der Waals surface area contributed by atoms with Crippen LogP contribution in [0.5, 0.6) is 0 Å². The predicted molar refractivity (Wildman–Crippen MR) is 85.4 cm³/mol. The Bertz CT molecular complexity index is 878. The lowest BCUT2D eigenvalue weighted by Gasteiger charge is -2.03. The first-order chi connectivity index (χ1) is 9.47. The Balaban J connectivity index is 2.38. The van der Waals surface area contributed by atoms with E-state index in [1.165, 1.54) is 17.6 Å². The normalized spacial score (nSPS) is 11.9. The highest BCUT2D eigenvalue weighted by atomic mass is 35.5. The molecule has 0 saturated carbocycles. The molecule has 2 nitrogen and oxygen atoms in total. The second-order valence-electron chi connectivity index (χ2n) is 4.54. The van der Waals surface area contributed by atoms with Gasteiger partial charge in [0.1, 0.15) is 0 Å². The van der Waals surface area contributed by atoms with E-state index in [0.29, 0.717) is 9.92 Å². The van der Waals surface area contributed by atoms with Gasteiger partial charge in [-0.05, 0) is 23.8 Å². The largest absolute Gasteiger partial charge is 0.224 e. The van der Waals surface area contributed by atoms with Crippen LogP contribution in [0.25, 0.3) is 20.5 Å². The van der Waals surface area contributed by atoms with Crippen molar-refractivity contribution in [2.45, 2.75) is 4.90 Å². The van der Waals surface area contributed by atoms with E-state index in [1.807, 2.05) is 36.4 Å². The van der Waals surface area contributed by atoms with Gasteiger partial charge in [0.25, 0.3) is 0 Å². The van der Waals surface area contributed by atoms with Gasteiger partial charge in [-0.15, -0.1) is 11.3 Å². The summed E-state index contributed by atoms with van der Waals surface area (Å²) >= 11 is 7.38. The Hall–Kier alpha value is -1.36. The fourth-order valence-corrected chi connectivity index (χ4v) is 5.09. The highest BCUT2D eigenvalue weighted by molar-refractivity contribution is 7.91. The molecule has 0 radical (unpaired) electrons. The molecule has 0 amide bonds. The molecule has 20 heavy (non-hydrogen) atoms. The van der Waals surface area contributed by atoms with Gasteiger partial charge < -0.3 is 0 Å². The van der Waals surface area contributed by atoms with Gasteiger partial charge in [0.2, 0.25) is 0 Å². The highest BCUT2D eigenvalue weighted by Gasteiger charge is 2.21. The van der Waals surface area contributed by atoms with E-state index in [0.717, 1.165) is 20.5 Å². The van der Waals surface area contributed by atoms with Gasteiger partial charge in [0, 0.05) is 21.4 Å². The molecule has 0 fully saturated rings. The second-order valence-corrected chi connectivity index (χ2v) is 7.98. The molecule has 0 N–H and O–H groups in total. The smallest absolute Gasteiger partial charge is 0.177 e. The third kappa shape index (κ3) is 2.35. The maximum Gasteiger partial charge on any atom is 0.177 e. The molecule has 5 heteroatoms. The number of rotatable bonds is 2. The highest BCUT2D eigenvalue weighted by Crippen LogP contribution is 2.41. The first-order valence-electron chi connectivity index (χ1n) is 5.94. The van der Waals surface area contributed by atoms with Gasteiger partial charge in [0.15, 0.2) is 9.84 Å². The zero-order chi connectivity index (χ0) is 14.3. The average Bonchev–Trinajstić information content (AvgIpc) is 2.78. The van der Waals surface area contributed by atoms with Crippen molar-refractivity contribution >= 4 is 42.9 Å². The van der Waals surface area contributed by atoms with Crippen molar-refractivity contribution in [3.05, 3.63) is 53.6 Å². The van der Waals surface area contributed by atoms with E-state index in [4.69, 9.17) is 11.6 Å². The Morgan fingerprint density at radius 1 is 1.00 bits per heavy atom. The molecule has 0 aliphatic heterocycles. The summed E-state index contributed by atoms with van der Waals surface area (Å²) in [7, 11) is -3.30. The van der Waals surface area contributed by atoms with Crippen LogP contribution in [0.1, 0.15) is 0 Å². The fraction of sp³-hybridized carbons (Fsp3) is 0.0667. The number of hydrogen-bond acceptors (Lipinski definition) is 3. The molecule has 0 saturated heterocycles. The molecular weight excluding hydrogens is 312 g/mol. The summed E-state index contributed by atoms with van der Waals surface area (Å²) in [5, 5.41) is 1.42. The SMILES string of the molecule is CS(=O)(=O)c1c(-c2ccc(Cl)cc2)sc2ccccc12. The van der Waals surface area contributed by atoms with Crippen molar-refractivity contribution in [1.82, 2.24) is 0 Å². The Kier molecular flexibility index (Phi) is 3.32.